The molecule has 0 aromatic rings. The van der Waals surface area contributed by atoms with Crippen LogP contribution in [0.2, 0.25) is 0 Å². The fourth-order valence-electron chi connectivity index (χ4n) is 1.94. The third kappa shape index (κ3) is 4.28. The van der Waals surface area contributed by atoms with Crippen molar-refractivity contribution in [1.29, 1.82) is 0 Å². The van der Waals surface area contributed by atoms with Gasteiger partial charge in [0, 0.05) is 12.8 Å². The molecule has 1 unspecified atom stereocenters. The van der Waals surface area contributed by atoms with Crippen molar-refractivity contribution in [3.8, 4) is 0 Å². The Bertz CT molecular complexity index is 185. The monoisotopic (exact) mass is 204 g/mol. The summed E-state index contributed by atoms with van der Waals surface area (Å²) in [7, 11) is -2.26. The Morgan fingerprint density at radius 1 is 1.31 bits per heavy atom. The van der Waals surface area contributed by atoms with E-state index in [0.717, 1.165) is 25.4 Å². The molecule has 1 saturated carbocycles. The molecule has 13 heavy (non-hydrogen) atoms. The Balaban J connectivity index is 2.32. The van der Waals surface area contributed by atoms with Crippen molar-refractivity contribution in [2.24, 2.45) is 0 Å². The van der Waals surface area contributed by atoms with E-state index in [9.17, 15) is 4.57 Å². The van der Waals surface area contributed by atoms with Gasteiger partial charge >= 0.3 is 0 Å². The summed E-state index contributed by atoms with van der Waals surface area (Å²) in [5.41, 5.74) is 0. The van der Waals surface area contributed by atoms with Crippen LogP contribution >= 0.6 is 7.37 Å². The lowest BCUT2D eigenvalue weighted by Gasteiger charge is -2.25. The Kier molecular flexibility index (Phi) is 4.48. The maximum atomic E-state index is 11.9. The van der Waals surface area contributed by atoms with Gasteiger partial charge in [-0.15, -0.1) is 0 Å². The fourth-order valence-corrected chi connectivity index (χ4v) is 3.70. The van der Waals surface area contributed by atoms with Crippen molar-refractivity contribution < 1.29 is 9.09 Å². The molecule has 1 rings (SSSR count). The summed E-state index contributed by atoms with van der Waals surface area (Å²) in [6, 6.07) is 0. The van der Waals surface area contributed by atoms with Crippen LogP contribution in [0, 0.1) is 0 Å². The number of hydrogen-bond acceptors (Lipinski definition) is 2. The predicted octanol–water partition coefficient (Wildman–Crippen LogP) is 3.65. The predicted molar refractivity (Wildman–Crippen MR) is 56.6 cm³/mol. The first-order valence-electron chi connectivity index (χ1n) is 5.39. The summed E-state index contributed by atoms with van der Waals surface area (Å²) in [6.07, 6.45) is 8.03. The SMILES string of the molecule is CCCP(C)(=O)OC1CCCCC1. The molecule has 1 fully saturated rings. The third-order valence-electron chi connectivity index (χ3n) is 2.55. The molecule has 0 aliphatic heterocycles. The van der Waals surface area contributed by atoms with Gasteiger partial charge < -0.3 is 4.52 Å². The Labute approximate surface area is 81.5 Å². The molecule has 0 radical (unpaired) electrons. The van der Waals surface area contributed by atoms with E-state index in [1.165, 1.54) is 19.3 Å². The summed E-state index contributed by atoms with van der Waals surface area (Å²) in [5, 5.41) is 0. The summed E-state index contributed by atoms with van der Waals surface area (Å²) < 4.78 is 17.5. The van der Waals surface area contributed by atoms with Gasteiger partial charge in [0.05, 0.1) is 6.10 Å². The zero-order valence-electron chi connectivity index (χ0n) is 8.79. The second-order valence-corrected chi connectivity index (χ2v) is 6.79. The smallest absolute Gasteiger partial charge is 0.200 e. The lowest BCUT2D eigenvalue weighted by Crippen LogP contribution is -2.15. The molecule has 1 aliphatic carbocycles. The van der Waals surface area contributed by atoms with Gasteiger partial charge in [0.2, 0.25) is 0 Å². The van der Waals surface area contributed by atoms with Gasteiger partial charge in [0.1, 0.15) is 0 Å². The Hall–Kier alpha value is 0.190. The molecule has 0 bridgehead atoms. The van der Waals surface area contributed by atoms with Gasteiger partial charge in [-0.25, -0.2) is 0 Å². The van der Waals surface area contributed by atoms with Crippen LogP contribution in [0.4, 0.5) is 0 Å². The molecule has 1 aliphatic rings. The summed E-state index contributed by atoms with van der Waals surface area (Å²) in [6.45, 7) is 3.84. The van der Waals surface area contributed by atoms with Gasteiger partial charge in [0.15, 0.2) is 7.37 Å². The quantitative estimate of drug-likeness (QED) is 0.653. The Morgan fingerprint density at radius 3 is 2.46 bits per heavy atom. The number of rotatable bonds is 4. The van der Waals surface area contributed by atoms with E-state index in [1.807, 2.05) is 0 Å². The van der Waals surface area contributed by atoms with E-state index in [-0.39, 0.29) is 6.10 Å². The zero-order chi connectivity index (χ0) is 9.73. The Morgan fingerprint density at radius 2 is 1.92 bits per heavy atom. The van der Waals surface area contributed by atoms with E-state index in [0.29, 0.717) is 0 Å². The molecule has 0 heterocycles. The van der Waals surface area contributed by atoms with E-state index in [4.69, 9.17) is 4.52 Å². The average Bonchev–Trinajstić information content (AvgIpc) is 2.04. The van der Waals surface area contributed by atoms with Crippen molar-refractivity contribution in [2.75, 3.05) is 12.8 Å². The standard InChI is InChI=1S/C10H21O2P/c1-3-9-13(2,11)12-10-7-5-4-6-8-10/h10H,3-9H2,1-2H3. The van der Waals surface area contributed by atoms with Gasteiger partial charge in [-0.3, -0.25) is 4.57 Å². The summed E-state index contributed by atoms with van der Waals surface area (Å²) in [5.74, 6) is 0. The van der Waals surface area contributed by atoms with Crippen LogP contribution in [0.3, 0.4) is 0 Å². The van der Waals surface area contributed by atoms with Crippen molar-refractivity contribution in [3.63, 3.8) is 0 Å². The highest BCUT2D eigenvalue weighted by Crippen LogP contribution is 2.46. The largest absolute Gasteiger partial charge is 0.325 e. The molecule has 2 nitrogen and oxygen atoms in total. The molecule has 3 heteroatoms. The first kappa shape index (κ1) is 11.3. The maximum Gasteiger partial charge on any atom is 0.200 e. The highest BCUT2D eigenvalue weighted by molar-refractivity contribution is 7.58. The third-order valence-corrected chi connectivity index (χ3v) is 4.56. The highest BCUT2D eigenvalue weighted by Gasteiger charge is 2.22. The second-order valence-electron chi connectivity index (χ2n) is 4.10. The molecular formula is C10H21O2P. The molecule has 0 amide bonds. The van der Waals surface area contributed by atoms with Crippen molar-refractivity contribution in [1.82, 2.24) is 0 Å². The minimum atomic E-state index is -2.26. The van der Waals surface area contributed by atoms with Crippen LogP contribution in [0.5, 0.6) is 0 Å². The lowest BCUT2D eigenvalue weighted by molar-refractivity contribution is 0.159. The first-order valence-corrected chi connectivity index (χ1v) is 7.65. The molecule has 0 N–H and O–H groups in total. The maximum absolute atomic E-state index is 11.9. The summed E-state index contributed by atoms with van der Waals surface area (Å²) in [4.78, 5) is 0. The van der Waals surface area contributed by atoms with Crippen LogP contribution in [-0.4, -0.2) is 18.9 Å². The fraction of sp³-hybridized carbons (Fsp3) is 1.00. The molecule has 78 valence electrons. The van der Waals surface area contributed by atoms with E-state index >= 15 is 0 Å². The summed E-state index contributed by atoms with van der Waals surface area (Å²) >= 11 is 0. The molecule has 0 aromatic carbocycles. The van der Waals surface area contributed by atoms with Crippen LogP contribution in [-0.2, 0) is 9.09 Å². The average molecular weight is 204 g/mol. The van der Waals surface area contributed by atoms with E-state index in [1.54, 1.807) is 6.66 Å². The molecular weight excluding hydrogens is 183 g/mol. The van der Waals surface area contributed by atoms with Crippen LogP contribution < -0.4 is 0 Å². The molecule has 0 aromatic heterocycles. The molecule has 0 spiro atoms. The highest BCUT2D eigenvalue weighted by atomic mass is 31.2. The molecule has 1 atom stereocenters. The zero-order valence-corrected chi connectivity index (χ0v) is 9.69. The normalized spacial score (nSPS) is 24.2. The van der Waals surface area contributed by atoms with E-state index in [2.05, 4.69) is 6.92 Å². The van der Waals surface area contributed by atoms with Crippen LogP contribution in [0.15, 0.2) is 0 Å². The van der Waals surface area contributed by atoms with Gasteiger partial charge in [-0.2, -0.15) is 0 Å². The van der Waals surface area contributed by atoms with Crippen LogP contribution in [0.25, 0.3) is 0 Å². The van der Waals surface area contributed by atoms with Crippen molar-refractivity contribution >= 4 is 7.37 Å². The second kappa shape index (κ2) is 5.17. The van der Waals surface area contributed by atoms with Crippen molar-refractivity contribution in [2.45, 2.75) is 51.6 Å². The minimum absolute atomic E-state index is 0.288. The van der Waals surface area contributed by atoms with E-state index < -0.39 is 7.37 Å². The number of hydrogen-bond donors (Lipinski definition) is 0. The van der Waals surface area contributed by atoms with Crippen LogP contribution in [0.1, 0.15) is 45.4 Å². The minimum Gasteiger partial charge on any atom is -0.325 e. The topological polar surface area (TPSA) is 26.3 Å². The van der Waals surface area contributed by atoms with Crippen molar-refractivity contribution in [3.05, 3.63) is 0 Å². The van der Waals surface area contributed by atoms with Gasteiger partial charge in [-0.05, 0) is 19.3 Å². The molecule has 0 saturated heterocycles. The van der Waals surface area contributed by atoms with Gasteiger partial charge in [0.25, 0.3) is 0 Å². The lowest BCUT2D eigenvalue weighted by atomic mass is 9.98. The van der Waals surface area contributed by atoms with Gasteiger partial charge in [-0.1, -0.05) is 26.2 Å². The first-order chi connectivity index (χ1) is 6.14.